The molecule has 2 aromatic rings. The monoisotopic (exact) mass is 468 g/mol. The summed E-state index contributed by atoms with van der Waals surface area (Å²) < 4.78 is 21.6. The van der Waals surface area contributed by atoms with Crippen LogP contribution in [0.2, 0.25) is 0 Å². The molecule has 0 aromatic heterocycles. The predicted molar refractivity (Wildman–Crippen MR) is 122 cm³/mol. The Hall–Kier alpha value is -3.68. The lowest BCUT2D eigenvalue weighted by Gasteiger charge is -2.24. The number of hydrogen-bond acceptors (Lipinski definition) is 8. The van der Waals surface area contributed by atoms with Gasteiger partial charge in [0.15, 0.2) is 0 Å². The van der Waals surface area contributed by atoms with Gasteiger partial charge in [0.25, 0.3) is 0 Å². The van der Waals surface area contributed by atoms with Crippen LogP contribution in [-0.2, 0) is 18.9 Å². The van der Waals surface area contributed by atoms with Crippen molar-refractivity contribution >= 4 is 23.9 Å². The molecule has 8 nitrogen and oxygen atoms in total. The molecule has 0 fully saturated rings. The number of fused-ring (bicyclic) bond motifs is 4. The summed E-state index contributed by atoms with van der Waals surface area (Å²) in [6.45, 7) is 7.04. The standard InChI is InChI=1S/C26H28O8/c1-25(2)13-31-21(27)17-7-5-9-19(11-17)23(29)33-15-26(3,4)16-34-24(30)20-10-6-8-18(12-20)22(28)32-14-25/h5-12H,13-16H2,1-4H3. The maximum atomic E-state index is 12.5. The zero-order chi connectivity index (χ0) is 24.9. The number of rotatable bonds is 0. The van der Waals surface area contributed by atoms with Gasteiger partial charge >= 0.3 is 23.9 Å². The van der Waals surface area contributed by atoms with E-state index < -0.39 is 34.7 Å². The van der Waals surface area contributed by atoms with Crippen molar-refractivity contribution in [3.05, 3.63) is 70.8 Å². The van der Waals surface area contributed by atoms with Gasteiger partial charge < -0.3 is 18.9 Å². The summed E-state index contributed by atoms with van der Waals surface area (Å²) in [5.41, 5.74) is -0.568. The maximum Gasteiger partial charge on any atom is 0.338 e. The second kappa shape index (κ2) is 10.1. The summed E-state index contributed by atoms with van der Waals surface area (Å²) in [6, 6.07) is 12.1. The van der Waals surface area contributed by atoms with Crippen LogP contribution in [0.15, 0.2) is 48.5 Å². The minimum absolute atomic E-state index is 0.0195. The van der Waals surface area contributed by atoms with Crippen LogP contribution in [0, 0.1) is 10.8 Å². The second-order valence-corrected chi connectivity index (χ2v) is 9.79. The number of esters is 4. The van der Waals surface area contributed by atoms with Gasteiger partial charge in [-0.1, -0.05) is 39.8 Å². The molecule has 0 N–H and O–H groups in total. The molecule has 1 aliphatic heterocycles. The van der Waals surface area contributed by atoms with Crippen molar-refractivity contribution in [1.82, 2.24) is 0 Å². The Bertz CT molecular complexity index is 937. The van der Waals surface area contributed by atoms with Crippen molar-refractivity contribution in [1.29, 1.82) is 0 Å². The first-order valence-corrected chi connectivity index (χ1v) is 10.8. The summed E-state index contributed by atoms with van der Waals surface area (Å²) in [5, 5.41) is 0. The molecule has 1 aliphatic rings. The summed E-state index contributed by atoms with van der Waals surface area (Å²) in [4.78, 5) is 50.1. The lowest BCUT2D eigenvalue weighted by atomic mass is 9.96. The predicted octanol–water partition coefficient (Wildman–Crippen LogP) is 4.08. The third kappa shape index (κ3) is 6.66. The average molecular weight is 469 g/mol. The van der Waals surface area contributed by atoms with Crippen molar-refractivity contribution in [2.45, 2.75) is 27.7 Å². The second-order valence-electron chi connectivity index (χ2n) is 9.79. The number of benzene rings is 2. The van der Waals surface area contributed by atoms with Crippen molar-refractivity contribution in [2.75, 3.05) is 26.4 Å². The molecule has 0 amide bonds. The molecular weight excluding hydrogens is 440 g/mol. The molecular formula is C26H28O8. The minimum Gasteiger partial charge on any atom is -0.461 e. The van der Waals surface area contributed by atoms with E-state index in [2.05, 4.69) is 0 Å². The van der Waals surface area contributed by atoms with Gasteiger partial charge in [0, 0.05) is 10.8 Å². The number of carbonyl (C=O) groups excluding carboxylic acids is 4. The normalized spacial score (nSPS) is 19.2. The van der Waals surface area contributed by atoms with Crippen LogP contribution >= 0.6 is 0 Å². The highest BCUT2D eigenvalue weighted by Crippen LogP contribution is 2.21. The zero-order valence-electron chi connectivity index (χ0n) is 19.7. The number of ether oxygens (including phenoxy) is 4. The largest absolute Gasteiger partial charge is 0.461 e. The molecule has 0 saturated carbocycles. The van der Waals surface area contributed by atoms with E-state index in [0.29, 0.717) is 0 Å². The van der Waals surface area contributed by atoms with Crippen LogP contribution in [0.4, 0.5) is 0 Å². The summed E-state index contributed by atoms with van der Waals surface area (Å²) in [6.07, 6.45) is 0. The zero-order valence-corrected chi connectivity index (χ0v) is 19.7. The van der Waals surface area contributed by atoms with E-state index in [9.17, 15) is 19.2 Å². The maximum absolute atomic E-state index is 12.5. The fraction of sp³-hybridized carbons (Fsp3) is 0.385. The van der Waals surface area contributed by atoms with Gasteiger partial charge in [-0.15, -0.1) is 0 Å². The van der Waals surface area contributed by atoms with Crippen LogP contribution in [0.3, 0.4) is 0 Å². The number of cyclic esters (lactones) is 4. The van der Waals surface area contributed by atoms with Crippen molar-refractivity contribution in [3.63, 3.8) is 0 Å². The summed E-state index contributed by atoms with van der Waals surface area (Å²) in [5.74, 6) is -2.43. The fourth-order valence-corrected chi connectivity index (χ4v) is 3.01. The van der Waals surface area contributed by atoms with Gasteiger partial charge in [-0.2, -0.15) is 0 Å². The van der Waals surface area contributed by atoms with Crippen LogP contribution in [0.1, 0.15) is 69.1 Å². The van der Waals surface area contributed by atoms with E-state index >= 15 is 0 Å². The first kappa shape index (κ1) is 25.0. The Morgan fingerprint density at radius 2 is 0.735 bits per heavy atom. The summed E-state index contributed by atoms with van der Waals surface area (Å²) in [7, 11) is 0. The van der Waals surface area contributed by atoms with Crippen molar-refractivity contribution in [2.24, 2.45) is 10.8 Å². The van der Waals surface area contributed by atoms with E-state index in [-0.39, 0.29) is 48.7 Å². The Labute approximate surface area is 198 Å². The molecule has 1 heterocycles. The molecule has 0 unspecified atom stereocenters. The molecule has 34 heavy (non-hydrogen) atoms. The van der Waals surface area contributed by atoms with Crippen LogP contribution < -0.4 is 0 Å². The molecule has 8 heteroatoms. The Kier molecular flexibility index (Phi) is 7.39. The average Bonchev–Trinajstić information content (AvgIpc) is 2.82. The smallest absolute Gasteiger partial charge is 0.338 e. The minimum atomic E-state index is -0.676. The highest BCUT2D eigenvalue weighted by Gasteiger charge is 2.26. The molecule has 3 rings (SSSR count). The van der Waals surface area contributed by atoms with Gasteiger partial charge in [0.05, 0.1) is 48.7 Å². The highest BCUT2D eigenvalue weighted by atomic mass is 16.6. The summed E-state index contributed by atoms with van der Waals surface area (Å²) >= 11 is 0. The third-order valence-corrected chi connectivity index (χ3v) is 5.04. The van der Waals surface area contributed by atoms with E-state index in [1.165, 1.54) is 36.4 Å². The molecule has 0 atom stereocenters. The van der Waals surface area contributed by atoms with E-state index in [1.54, 1.807) is 39.8 Å². The van der Waals surface area contributed by atoms with E-state index in [1.807, 2.05) is 0 Å². The van der Waals surface area contributed by atoms with Gasteiger partial charge in [0.2, 0.25) is 0 Å². The Morgan fingerprint density at radius 1 is 0.500 bits per heavy atom. The van der Waals surface area contributed by atoms with Crippen molar-refractivity contribution < 1.29 is 38.1 Å². The number of carbonyl (C=O) groups is 4. The molecule has 0 saturated heterocycles. The lowest BCUT2D eigenvalue weighted by molar-refractivity contribution is 0.00609. The van der Waals surface area contributed by atoms with Gasteiger partial charge in [-0.3, -0.25) is 0 Å². The first-order chi connectivity index (χ1) is 16.0. The van der Waals surface area contributed by atoms with Crippen molar-refractivity contribution in [3.8, 4) is 0 Å². The molecule has 2 aromatic carbocycles. The molecule has 4 bridgehead atoms. The topological polar surface area (TPSA) is 105 Å². The van der Waals surface area contributed by atoms with E-state index in [0.717, 1.165) is 0 Å². The Balaban J connectivity index is 1.86. The SMILES string of the molecule is CC1(C)COC(=O)c2cccc(c2)C(=O)OCC(C)(C)COC(=O)c2cccc(c2)C(=O)OC1. The highest BCUT2D eigenvalue weighted by molar-refractivity contribution is 5.96. The Morgan fingerprint density at radius 3 is 0.971 bits per heavy atom. The van der Waals surface area contributed by atoms with Crippen LogP contribution in [0.25, 0.3) is 0 Å². The van der Waals surface area contributed by atoms with Crippen LogP contribution in [0.5, 0.6) is 0 Å². The quantitative estimate of drug-likeness (QED) is 0.421. The lowest BCUT2D eigenvalue weighted by Crippen LogP contribution is -2.29. The van der Waals surface area contributed by atoms with Gasteiger partial charge in [0.1, 0.15) is 0 Å². The van der Waals surface area contributed by atoms with Gasteiger partial charge in [-0.05, 0) is 36.4 Å². The molecule has 0 aliphatic carbocycles. The van der Waals surface area contributed by atoms with E-state index in [4.69, 9.17) is 18.9 Å². The number of hydrogen-bond donors (Lipinski definition) is 0. The molecule has 0 spiro atoms. The molecule has 180 valence electrons. The molecule has 0 radical (unpaired) electrons. The fourth-order valence-electron chi connectivity index (χ4n) is 3.01. The third-order valence-electron chi connectivity index (χ3n) is 5.04. The van der Waals surface area contributed by atoms with Gasteiger partial charge in [-0.25, -0.2) is 19.2 Å². The first-order valence-electron chi connectivity index (χ1n) is 10.8. The van der Waals surface area contributed by atoms with Crippen LogP contribution in [-0.4, -0.2) is 50.3 Å².